The largest absolute Gasteiger partial charge is 0.493 e. The number of para-hydroxylation sites is 1. The molecule has 23 heavy (non-hydrogen) atoms. The first-order valence-electron chi connectivity index (χ1n) is 8.46. The van der Waals surface area contributed by atoms with Crippen LogP contribution < -0.4 is 4.74 Å². The molecule has 0 aromatic heterocycles. The molecular weight excluding hydrogens is 288 g/mol. The van der Waals surface area contributed by atoms with Gasteiger partial charge < -0.3 is 14.2 Å². The van der Waals surface area contributed by atoms with Gasteiger partial charge in [-0.05, 0) is 24.1 Å². The number of allylic oxidation sites excluding steroid dienone is 2. The highest BCUT2D eigenvalue weighted by atomic mass is 16.7. The van der Waals surface area contributed by atoms with Crippen LogP contribution in [0.2, 0.25) is 0 Å². The molecule has 0 aliphatic heterocycles. The maximum atomic E-state index is 6.00. The van der Waals surface area contributed by atoms with Gasteiger partial charge in [0, 0.05) is 26.2 Å². The number of rotatable bonds is 9. The number of hydrogen-bond donors (Lipinski definition) is 0. The summed E-state index contributed by atoms with van der Waals surface area (Å²) in [5, 5.41) is 0. The Kier molecular flexibility index (Phi) is 6.87. The van der Waals surface area contributed by atoms with Crippen molar-refractivity contribution in [3.05, 3.63) is 48.1 Å². The molecule has 3 nitrogen and oxygen atoms in total. The fourth-order valence-corrected chi connectivity index (χ4v) is 2.73. The van der Waals surface area contributed by atoms with Gasteiger partial charge in [-0.15, -0.1) is 0 Å². The molecule has 2 rings (SSSR count). The predicted octanol–water partition coefficient (Wildman–Crippen LogP) is 4.98. The SMILES string of the molecule is CCCCCCOc1ccccc1C1=CCC(OC)(OC)C=C1. The van der Waals surface area contributed by atoms with Crippen molar-refractivity contribution < 1.29 is 14.2 Å². The Morgan fingerprint density at radius 2 is 1.83 bits per heavy atom. The van der Waals surface area contributed by atoms with Gasteiger partial charge in [-0.25, -0.2) is 0 Å². The van der Waals surface area contributed by atoms with Gasteiger partial charge in [0.25, 0.3) is 0 Å². The van der Waals surface area contributed by atoms with Gasteiger partial charge in [0.05, 0.1) is 6.61 Å². The maximum absolute atomic E-state index is 6.00. The van der Waals surface area contributed by atoms with E-state index in [-0.39, 0.29) is 0 Å². The molecule has 0 amide bonds. The van der Waals surface area contributed by atoms with Crippen LogP contribution in [-0.2, 0) is 9.47 Å². The van der Waals surface area contributed by atoms with E-state index in [2.05, 4.69) is 25.1 Å². The molecule has 1 aromatic rings. The first kappa shape index (κ1) is 17.8. The van der Waals surface area contributed by atoms with Crippen molar-refractivity contribution in [1.29, 1.82) is 0 Å². The van der Waals surface area contributed by atoms with E-state index in [1.165, 1.54) is 19.3 Å². The molecule has 0 N–H and O–H groups in total. The smallest absolute Gasteiger partial charge is 0.190 e. The summed E-state index contributed by atoms with van der Waals surface area (Å²) in [5.41, 5.74) is 2.28. The Morgan fingerprint density at radius 3 is 2.48 bits per heavy atom. The fraction of sp³-hybridized carbons (Fsp3) is 0.500. The molecule has 0 spiro atoms. The second-order valence-electron chi connectivity index (χ2n) is 5.82. The molecular formula is C20H28O3. The van der Waals surface area contributed by atoms with E-state index in [0.717, 1.165) is 29.9 Å². The zero-order chi connectivity index (χ0) is 16.5. The molecule has 0 atom stereocenters. The first-order chi connectivity index (χ1) is 11.2. The first-order valence-corrected chi connectivity index (χ1v) is 8.46. The van der Waals surface area contributed by atoms with E-state index >= 15 is 0 Å². The Hall–Kier alpha value is -1.58. The summed E-state index contributed by atoms with van der Waals surface area (Å²) < 4.78 is 16.9. The number of unbranched alkanes of at least 4 members (excludes halogenated alkanes) is 3. The quantitative estimate of drug-likeness (QED) is 0.475. The van der Waals surface area contributed by atoms with Crippen LogP contribution in [0, 0.1) is 0 Å². The van der Waals surface area contributed by atoms with Crippen LogP contribution in [0.4, 0.5) is 0 Å². The van der Waals surface area contributed by atoms with Crippen LogP contribution in [0.25, 0.3) is 5.57 Å². The highest BCUT2D eigenvalue weighted by Gasteiger charge is 2.27. The normalized spacial score (nSPS) is 16.2. The molecule has 0 bridgehead atoms. The van der Waals surface area contributed by atoms with Crippen LogP contribution in [0.3, 0.4) is 0 Å². The molecule has 0 unspecified atom stereocenters. The number of ether oxygens (including phenoxy) is 3. The van der Waals surface area contributed by atoms with Gasteiger partial charge in [-0.3, -0.25) is 0 Å². The minimum Gasteiger partial charge on any atom is -0.493 e. The third kappa shape index (κ3) is 4.69. The van der Waals surface area contributed by atoms with E-state index in [1.54, 1.807) is 14.2 Å². The second kappa shape index (κ2) is 8.90. The molecule has 3 heteroatoms. The van der Waals surface area contributed by atoms with E-state index in [1.807, 2.05) is 24.3 Å². The average molecular weight is 316 g/mol. The van der Waals surface area contributed by atoms with Crippen LogP contribution in [0.1, 0.15) is 44.6 Å². The Bertz CT molecular complexity index is 542. The molecule has 126 valence electrons. The monoisotopic (exact) mass is 316 g/mol. The van der Waals surface area contributed by atoms with Crippen molar-refractivity contribution in [2.45, 2.75) is 44.8 Å². The van der Waals surface area contributed by atoms with E-state index < -0.39 is 5.79 Å². The van der Waals surface area contributed by atoms with Gasteiger partial charge in [0.1, 0.15) is 5.75 Å². The lowest BCUT2D eigenvalue weighted by Crippen LogP contribution is -2.31. The summed E-state index contributed by atoms with van der Waals surface area (Å²) in [7, 11) is 3.33. The fourth-order valence-electron chi connectivity index (χ4n) is 2.73. The number of methoxy groups -OCH3 is 2. The summed E-state index contributed by atoms with van der Waals surface area (Å²) >= 11 is 0. The van der Waals surface area contributed by atoms with Crippen LogP contribution >= 0.6 is 0 Å². The van der Waals surface area contributed by atoms with E-state index in [4.69, 9.17) is 14.2 Å². The summed E-state index contributed by atoms with van der Waals surface area (Å²) in [5.74, 6) is 0.307. The summed E-state index contributed by atoms with van der Waals surface area (Å²) in [6.07, 6.45) is 11.7. The van der Waals surface area contributed by atoms with E-state index in [0.29, 0.717) is 6.42 Å². The van der Waals surface area contributed by atoms with E-state index in [9.17, 15) is 0 Å². The molecule has 0 saturated heterocycles. The molecule has 0 saturated carbocycles. The summed E-state index contributed by atoms with van der Waals surface area (Å²) in [6, 6.07) is 8.21. The third-order valence-electron chi connectivity index (χ3n) is 4.27. The predicted molar refractivity (Wildman–Crippen MR) is 94.6 cm³/mol. The van der Waals surface area contributed by atoms with Gasteiger partial charge >= 0.3 is 0 Å². The zero-order valence-electron chi connectivity index (χ0n) is 14.5. The summed E-state index contributed by atoms with van der Waals surface area (Å²) in [6.45, 7) is 2.99. The molecule has 1 aliphatic carbocycles. The minimum absolute atomic E-state index is 0.639. The van der Waals surface area contributed by atoms with Crippen LogP contribution in [0.5, 0.6) is 5.75 Å². The lowest BCUT2D eigenvalue weighted by Gasteiger charge is -2.29. The van der Waals surface area contributed by atoms with Crippen molar-refractivity contribution in [3.8, 4) is 5.75 Å². The Morgan fingerprint density at radius 1 is 1.04 bits per heavy atom. The van der Waals surface area contributed by atoms with Gasteiger partial charge in [-0.1, -0.05) is 56.5 Å². The molecule has 0 fully saturated rings. The maximum Gasteiger partial charge on any atom is 0.190 e. The lowest BCUT2D eigenvalue weighted by atomic mass is 9.95. The average Bonchev–Trinajstić information content (AvgIpc) is 2.62. The number of hydrogen-bond acceptors (Lipinski definition) is 3. The van der Waals surface area contributed by atoms with Crippen LogP contribution in [-0.4, -0.2) is 26.6 Å². The lowest BCUT2D eigenvalue weighted by molar-refractivity contribution is -0.167. The van der Waals surface area contributed by atoms with Crippen molar-refractivity contribution in [2.24, 2.45) is 0 Å². The van der Waals surface area contributed by atoms with Gasteiger partial charge in [0.2, 0.25) is 0 Å². The minimum atomic E-state index is -0.639. The van der Waals surface area contributed by atoms with Crippen molar-refractivity contribution in [2.75, 3.05) is 20.8 Å². The highest BCUT2D eigenvalue weighted by Crippen LogP contribution is 2.33. The van der Waals surface area contributed by atoms with Crippen molar-refractivity contribution in [1.82, 2.24) is 0 Å². The van der Waals surface area contributed by atoms with Crippen LogP contribution in [0.15, 0.2) is 42.5 Å². The third-order valence-corrected chi connectivity index (χ3v) is 4.27. The van der Waals surface area contributed by atoms with Crippen molar-refractivity contribution in [3.63, 3.8) is 0 Å². The highest BCUT2D eigenvalue weighted by molar-refractivity contribution is 5.78. The Labute approximate surface area is 139 Å². The molecule has 0 heterocycles. The van der Waals surface area contributed by atoms with Gasteiger partial charge in [0.15, 0.2) is 5.79 Å². The zero-order valence-corrected chi connectivity index (χ0v) is 14.5. The Balaban J connectivity index is 2.03. The topological polar surface area (TPSA) is 27.7 Å². The van der Waals surface area contributed by atoms with Gasteiger partial charge in [-0.2, -0.15) is 0 Å². The summed E-state index contributed by atoms with van der Waals surface area (Å²) in [4.78, 5) is 0. The second-order valence-corrected chi connectivity index (χ2v) is 5.82. The van der Waals surface area contributed by atoms with Crippen molar-refractivity contribution >= 4 is 5.57 Å². The number of benzene rings is 1. The molecule has 1 aliphatic rings. The standard InChI is InChI=1S/C20H28O3/c1-4-5-6-9-16-23-19-11-8-7-10-18(19)17-12-14-20(21-2,22-3)15-13-17/h7-8,10-14H,4-6,9,15-16H2,1-3H3. The molecule has 1 aromatic carbocycles. The molecule has 0 radical (unpaired) electrons.